The summed E-state index contributed by atoms with van der Waals surface area (Å²) in [5, 5.41) is 13.6. The Kier molecular flexibility index (Phi) is 6.29. The Morgan fingerprint density at radius 3 is 2.33 bits per heavy atom. The van der Waals surface area contributed by atoms with Crippen LogP contribution in [-0.4, -0.2) is 47.1 Å². The summed E-state index contributed by atoms with van der Waals surface area (Å²) in [7, 11) is 0. The van der Waals surface area contributed by atoms with Gasteiger partial charge < -0.3 is 15.3 Å². The Labute approximate surface area is 146 Å². The Morgan fingerprint density at radius 2 is 1.75 bits per heavy atom. The van der Waals surface area contributed by atoms with Gasteiger partial charge in [-0.3, -0.25) is 9.59 Å². The average Bonchev–Trinajstić information content (AvgIpc) is 2.76. The van der Waals surface area contributed by atoms with E-state index in [0.717, 1.165) is 45.1 Å². The zero-order valence-electron chi connectivity index (χ0n) is 15.6. The van der Waals surface area contributed by atoms with Crippen LogP contribution in [0.3, 0.4) is 0 Å². The van der Waals surface area contributed by atoms with Gasteiger partial charge in [-0.25, -0.2) is 0 Å². The first kappa shape index (κ1) is 19.2. The van der Waals surface area contributed by atoms with Crippen molar-refractivity contribution in [2.24, 2.45) is 11.3 Å². The van der Waals surface area contributed by atoms with Gasteiger partial charge in [0.15, 0.2) is 0 Å². The summed E-state index contributed by atoms with van der Waals surface area (Å²) in [6.07, 6.45) is 7.63. The molecule has 0 radical (unpaired) electrons. The number of hydrogen-bond acceptors (Lipinski definition) is 3. The molecule has 1 unspecified atom stereocenters. The fraction of sp³-hybridized carbons (Fsp3) is 0.895. The summed E-state index contributed by atoms with van der Waals surface area (Å²) in [6, 6.07) is 0. The van der Waals surface area contributed by atoms with Crippen LogP contribution in [0, 0.1) is 11.3 Å². The first-order valence-corrected chi connectivity index (χ1v) is 9.51. The van der Waals surface area contributed by atoms with Crippen molar-refractivity contribution in [3.63, 3.8) is 0 Å². The SMILES string of the molecule is CC(C)(C)C(=O)N1CCCC(C(=O)NCC2(O)CCCCCC2)C1. The van der Waals surface area contributed by atoms with Gasteiger partial charge in [0.1, 0.15) is 0 Å². The van der Waals surface area contributed by atoms with Crippen molar-refractivity contribution < 1.29 is 14.7 Å². The summed E-state index contributed by atoms with van der Waals surface area (Å²) >= 11 is 0. The van der Waals surface area contributed by atoms with E-state index in [4.69, 9.17) is 0 Å². The maximum Gasteiger partial charge on any atom is 0.227 e. The predicted molar refractivity (Wildman–Crippen MR) is 94.4 cm³/mol. The second-order valence-corrected chi connectivity index (χ2v) is 8.70. The zero-order chi connectivity index (χ0) is 17.8. The molecule has 0 spiro atoms. The van der Waals surface area contributed by atoms with Gasteiger partial charge in [0.05, 0.1) is 11.5 Å². The van der Waals surface area contributed by atoms with Gasteiger partial charge in [0.2, 0.25) is 11.8 Å². The van der Waals surface area contributed by atoms with Gasteiger partial charge >= 0.3 is 0 Å². The van der Waals surface area contributed by atoms with Crippen LogP contribution < -0.4 is 5.32 Å². The smallest absolute Gasteiger partial charge is 0.227 e. The number of nitrogens with zero attached hydrogens (tertiary/aromatic N) is 1. The number of rotatable bonds is 3. The number of piperidine rings is 1. The molecule has 2 aliphatic rings. The topological polar surface area (TPSA) is 69.6 Å². The monoisotopic (exact) mass is 338 g/mol. The molecule has 2 N–H and O–H groups in total. The molecule has 2 fully saturated rings. The van der Waals surface area contributed by atoms with Crippen molar-refractivity contribution in [2.75, 3.05) is 19.6 Å². The Morgan fingerprint density at radius 1 is 1.12 bits per heavy atom. The lowest BCUT2D eigenvalue weighted by atomic mass is 9.90. The third-order valence-corrected chi connectivity index (χ3v) is 5.35. The van der Waals surface area contributed by atoms with E-state index >= 15 is 0 Å². The van der Waals surface area contributed by atoms with Crippen LogP contribution in [-0.2, 0) is 9.59 Å². The molecule has 1 heterocycles. The molecule has 5 nitrogen and oxygen atoms in total. The first-order chi connectivity index (χ1) is 11.2. The molecule has 5 heteroatoms. The number of carbonyl (C=O) groups excluding carboxylic acids is 2. The fourth-order valence-electron chi connectivity index (χ4n) is 3.81. The third kappa shape index (κ3) is 5.20. The highest BCUT2D eigenvalue weighted by Gasteiger charge is 2.34. The van der Waals surface area contributed by atoms with Crippen LogP contribution in [0.25, 0.3) is 0 Å². The number of nitrogens with one attached hydrogen (secondary N) is 1. The molecule has 1 saturated heterocycles. The molecule has 2 rings (SSSR count). The van der Waals surface area contributed by atoms with Crippen LogP contribution in [0.15, 0.2) is 0 Å². The van der Waals surface area contributed by atoms with E-state index in [1.54, 1.807) is 0 Å². The van der Waals surface area contributed by atoms with Crippen molar-refractivity contribution in [3.05, 3.63) is 0 Å². The van der Waals surface area contributed by atoms with E-state index in [-0.39, 0.29) is 17.7 Å². The second-order valence-electron chi connectivity index (χ2n) is 8.70. The van der Waals surface area contributed by atoms with Crippen LogP contribution in [0.1, 0.15) is 72.1 Å². The lowest BCUT2D eigenvalue weighted by Gasteiger charge is -2.36. The van der Waals surface area contributed by atoms with Gasteiger partial charge in [-0.1, -0.05) is 46.5 Å². The minimum atomic E-state index is -0.748. The minimum absolute atomic E-state index is 0.0147. The van der Waals surface area contributed by atoms with Crippen molar-refractivity contribution in [3.8, 4) is 0 Å². The van der Waals surface area contributed by atoms with Crippen molar-refractivity contribution in [1.82, 2.24) is 10.2 Å². The molecular weight excluding hydrogens is 304 g/mol. The summed E-state index contributed by atoms with van der Waals surface area (Å²) < 4.78 is 0. The van der Waals surface area contributed by atoms with E-state index in [2.05, 4.69) is 5.32 Å². The van der Waals surface area contributed by atoms with E-state index in [1.807, 2.05) is 25.7 Å². The third-order valence-electron chi connectivity index (χ3n) is 5.35. The highest BCUT2D eigenvalue weighted by atomic mass is 16.3. The lowest BCUT2D eigenvalue weighted by Crippen LogP contribution is -2.50. The molecular formula is C19H34N2O3. The Balaban J connectivity index is 1.86. The number of carbonyl (C=O) groups is 2. The van der Waals surface area contributed by atoms with Crippen LogP contribution >= 0.6 is 0 Å². The van der Waals surface area contributed by atoms with E-state index in [9.17, 15) is 14.7 Å². The summed E-state index contributed by atoms with van der Waals surface area (Å²) in [6.45, 7) is 7.33. The van der Waals surface area contributed by atoms with Crippen molar-refractivity contribution in [1.29, 1.82) is 0 Å². The highest BCUT2D eigenvalue weighted by Crippen LogP contribution is 2.27. The van der Waals surface area contributed by atoms with Crippen molar-refractivity contribution in [2.45, 2.75) is 77.7 Å². The Bertz CT molecular complexity index is 448. The van der Waals surface area contributed by atoms with E-state index in [1.165, 1.54) is 12.8 Å². The van der Waals surface area contributed by atoms with Gasteiger partial charge in [-0.15, -0.1) is 0 Å². The molecule has 0 aromatic rings. The molecule has 24 heavy (non-hydrogen) atoms. The van der Waals surface area contributed by atoms with E-state index < -0.39 is 11.0 Å². The summed E-state index contributed by atoms with van der Waals surface area (Å²) in [5.41, 5.74) is -1.16. The van der Waals surface area contributed by atoms with Gasteiger partial charge in [0.25, 0.3) is 0 Å². The summed E-state index contributed by atoms with van der Waals surface area (Å²) in [4.78, 5) is 26.8. The average molecular weight is 338 g/mol. The quantitative estimate of drug-likeness (QED) is 0.777. The largest absolute Gasteiger partial charge is 0.388 e. The second kappa shape index (κ2) is 7.85. The molecule has 2 amide bonds. The molecule has 0 aromatic heterocycles. The fourth-order valence-corrected chi connectivity index (χ4v) is 3.81. The summed E-state index contributed by atoms with van der Waals surface area (Å²) in [5.74, 6) is -0.0547. The lowest BCUT2D eigenvalue weighted by molar-refractivity contribution is -0.143. The van der Waals surface area contributed by atoms with Crippen LogP contribution in [0.5, 0.6) is 0 Å². The van der Waals surface area contributed by atoms with Gasteiger partial charge in [-0.05, 0) is 25.7 Å². The molecule has 1 atom stereocenters. The predicted octanol–water partition coefficient (Wildman–Crippen LogP) is 2.47. The standard InChI is InChI=1S/C19H34N2O3/c1-18(2,3)17(23)21-12-8-9-15(13-21)16(22)20-14-19(24)10-6-4-5-7-11-19/h15,24H,4-14H2,1-3H3,(H,20,22). The molecule has 0 aromatic carbocycles. The molecule has 0 bridgehead atoms. The Hall–Kier alpha value is -1.10. The normalized spacial score (nSPS) is 25.0. The van der Waals surface area contributed by atoms with Crippen LogP contribution in [0.4, 0.5) is 0 Å². The molecule has 138 valence electrons. The number of aliphatic hydroxyl groups is 1. The minimum Gasteiger partial charge on any atom is -0.388 e. The van der Waals surface area contributed by atoms with Crippen LogP contribution in [0.2, 0.25) is 0 Å². The first-order valence-electron chi connectivity index (χ1n) is 9.51. The number of amides is 2. The maximum atomic E-state index is 12.5. The zero-order valence-corrected chi connectivity index (χ0v) is 15.6. The van der Waals surface area contributed by atoms with Crippen molar-refractivity contribution >= 4 is 11.8 Å². The van der Waals surface area contributed by atoms with E-state index in [0.29, 0.717) is 13.1 Å². The molecule has 1 saturated carbocycles. The molecule has 1 aliphatic heterocycles. The number of likely N-dealkylation sites (tertiary alicyclic amines) is 1. The van der Waals surface area contributed by atoms with Gasteiger partial charge in [0, 0.05) is 25.0 Å². The van der Waals surface area contributed by atoms with Gasteiger partial charge in [-0.2, -0.15) is 0 Å². The highest BCUT2D eigenvalue weighted by molar-refractivity contribution is 5.83. The maximum absolute atomic E-state index is 12.5. The molecule has 1 aliphatic carbocycles. The number of hydrogen-bond donors (Lipinski definition) is 2.